The maximum absolute atomic E-state index is 13.5. The summed E-state index contributed by atoms with van der Waals surface area (Å²) in [6.45, 7) is 8.52. The van der Waals surface area contributed by atoms with Crippen LogP contribution >= 0.6 is 0 Å². The Morgan fingerprint density at radius 2 is 1.79 bits per heavy atom. The molecule has 1 heterocycles. The molecule has 0 bridgehead atoms. The minimum atomic E-state index is -0.763. The lowest BCUT2D eigenvalue weighted by molar-refractivity contribution is -0.157. The van der Waals surface area contributed by atoms with Gasteiger partial charge in [-0.1, -0.05) is 26.8 Å². The summed E-state index contributed by atoms with van der Waals surface area (Å²) in [7, 11) is 0. The molecule has 0 aliphatic heterocycles. The van der Waals surface area contributed by atoms with Gasteiger partial charge in [0.15, 0.2) is 11.5 Å². The minimum absolute atomic E-state index is 0.0208. The van der Waals surface area contributed by atoms with Crippen molar-refractivity contribution in [1.82, 2.24) is 4.98 Å². The van der Waals surface area contributed by atoms with Crippen LogP contribution in [0.15, 0.2) is 42.6 Å². The van der Waals surface area contributed by atoms with Crippen LogP contribution in [0.3, 0.4) is 0 Å². The third kappa shape index (κ3) is 8.29. The first-order valence-corrected chi connectivity index (χ1v) is 10.9. The number of carbonyl (C=O) groups is 3. The number of ketones is 1. The van der Waals surface area contributed by atoms with Crippen molar-refractivity contribution in [2.45, 2.75) is 59.7 Å². The Balaban J connectivity index is 2.04. The molecular weight excluding hydrogens is 429 g/mol. The van der Waals surface area contributed by atoms with Crippen molar-refractivity contribution in [3.8, 4) is 11.5 Å². The van der Waals surface area contributed by atoms with E-state index in [1.165, 1.54) is 31.3 Å². The van der Waals surface area contributed by atoms with E-state index in [2.05, 4.69) is 4.98 Å². The van der Waals surface area contributed by atoms with Crippen molar-refractivity contribution in [2.75, 3.05) is 0 Å². The number of esters is 2. The average Bonchev–Trinajstić information content (AvgIpc) is 2.72. The first-order valence-electron chi connectivity index (χ1n) is 10.9. The van der Waals surface area contributed by atoms with E-state index in [0.29, 0.717) is 12.2 Å². The normalized spacial score (nSPS) is 13.7. The highest BCUT2D eigenvalue weighted by molar-refractivity contribution is 5.99. The summed E-state index contributed by atoms with van der Waals surface area (Å²) in [5.41, 5.74) is -0.0208. The van der Waals surface area contributed by atoms with Crippen molar-refractivity contribution in [3.63, 3.8) is 0 Å². The van der Waals surface area contributed by atoms with Crippen LogP contribution in [0.1, 0.15) is 57.9 Å². The largest absolute Gasteiger partial charge is 0.486 e. The van der Waals surface area contributed by atoms with Gasteiger partial charge in [0.05, 0.1) is 5.92 Å². The summed E-state index contributed by atoms with van der Waals surface area (Å²) in [6, 6.07) is 8.79. The summed E-state index contributed by atoms with van der Waals surface area (Å²) < 4.78 is 30.1. The number of ether oxygens (including phenoxy) is 3. The molecule has 0 radical (unpaired) electrons. The molecule has 0 unspecified atom stereocenters. The van der Waals surface area contributed by atoms with Crippen LogP contribution in [0.4, 0.5) is 4.39 Å². The average molecular weight is 460 g/mol. The van der Waals surface area contributed by atoms with Crippen LogP contribution in [-0.2, 0) is 14.3 Å². The van der Waals surface area contributed by atoms with Crippen LogP contribution in [0, 0.1) is 17.7 Å². The van der Waals surface area contributed by atoms with Crippen LogP contribution in [0.5, 0.6) is 11.5 Å². The van der Waals surface area contributed by atoms with Crippen molar-refractivity contribution in [3.05, 3.63) is 54.1 Å². The van der Waals surface area contributed by atoms with Gasteiger partial charge in [0.25, 0.3) is 0 Å². The molecule has 2 aromatic rings. The molecule has 2 rings (SSSR count). The van der Waals surface area contributed by atoms with Crippen molar-refractivity contribution in [2.24, 2.45) is 11.8 Å². The monoisotopic (exact) mass is 459 g/mol. The number of rotatable bonds is 11. The van der Waals surface area contributed by atoms with E-state index in [4.69, 9.17) is 14.2 Å². The van der Waals surface area contributed by atoms with Gasteiger partial charge < -0.3 is 14.2 Å². The number of hydrogen-bond acceptors (Lipinski definition) is 7. The molecule has 0 amide bonds. The fourth-order valence-corrected chi connectivity index (χ4v) is 3.19. The summed E-state index contributed by atoms with van der Waals surface area (Å²) in [6.07, 6.45) is 0.692. The van der Waals surface area contributed by atoms with E-state index in [1.54, 1.807) is 32.0 Å². The fourth-order valence-electron chi connectivity index (χ4n) is 3.19. The Labute approximate surface area is 193 Å². The molecule has 8 heteroatoms. The van der Waals surface area contributed by atoms with E-state index in [9.17, 15) is 18.8 Å². The van der Waals surface area contributed by atoms with E-state index < -0.39 is 41.7 Å². The van der Waals surface area contributed by atoms with Crippen LogP contribution < -0.4 is 9.47 Å². The minimum Gasteiger partial charge on any atom is -0.486 e. The van der Waals surface area contributed by atoms with Crippen LogP contribution in [-0.4, -0.2) is 34.9 Å². The Kier molecular flexibility index (Phi) is 9.51. The molecule has 0 fully saturated rings. The Morgan fingerprint density at radius 3 is 2.42 bits per heavy atom. The van der Waals surface area contributed by atoms with Crippen LogP contribution in [0.2, 0.25) is 0 Å². The number of aromatic nitrogens is 1. The standard InChI is InChI=1S/C25H30FNO6/c1-15(2)12-23(33-20-9-6-8-19(26)14-20)17(4)31-25(30)16(3)13-21(29)24-22(32-18(5)28)10-7-11-27-24/h6-11,14-17,23H,12-13H2,1-5H3/t16-,17+,23-/m1/s1. The molecule has 0 aliphatic rings. The highest BCUT2D eigenvalue weighted by Crippen LogP contribution is 2.23. The number of nitrogens with zero attached hydrogens (tertiary/aromatic N) is 1. The third-order valence-electron chi connectivity index (χ3n) is 4.80. The Hall–Kier alpha value is -3.29. The third-order valence-corrected chi connectivity index (χ3v) is 4.80. The highest BCUT2D eigenvalue weighted by Gasteiger charge is 2.28. The molecule has 0 aliphatic carbocycles. The SMILES string of the molecule is CC(=O)Oc1cccnc1C(=O)C[C@@H](C)C(=O)O[C@@H](C)[C@@H](CC(C)C)Oc1cccc(F)c1. The van der Waals surface area contributed by atoms with Gasteiger partial charge in [-0.15, -0.1) is 0 Å². The zero-order valence-corrected chi connectivity index (χ0v) is 19.5. The number of benzene rings is 1. The second-order valence-corrected chi connectivity index (χ2v) is 8.36. The van der Waals surface area contributed by atoms with Gasteiger partial charge in [0.2, 0.25) is 0 Å². The number of halogens is 1. The number of carbonyl (C=O) groups excluding carboxylic acids is 3. The first kappa shape index (κ1) is 26.0. The zero-order valence-electron chi connectivity index (χ0n) is 19.5. The van der Waals surface area contributed by atoms with Gasteiger partial charge in [-0.3, -0.25) is 14.4 Å². The lowest BCUT2D eigenvalue weighted by Crippen LogP contribution is -2.36. The molecule has 0 spiro atoms. The number of pyridine rings is 1. The molecule has 0 saturated heterocycles. The molecule has 0 N–H and O–H groups in total. The second kappa shape index (κ2) is 12.1. The van der Waals surface area contributed by atoms with Crippen molar-refractivity contribution < 1.29 is 33.0 Å². The lowest BCUT2D eigenvalue weighted by Gasteiger charge is -2.27. The first-order chi connectivity index (χ1) is 15.6. The summed E-state index contributed by atoms with van der Waals surface area (Å²) >= 11 is 0. The molecule has 33 heavy (non-hydrogen) atoms. The van der Waals surface area contributed by atoms with E-state index >= 15 is 0 Å². The highest BCUT2D eigenvalue weighted by atomic mass is 19.1. The maximum Gasteiger partial charge on any atom is 0.309 e. The van der Waals surface area contributed by atoms with Gasteiger partial charge in [-0.2, -0.15) is 0 Å². The van der Waals surface area contributed by atoms with Gasteiger partial charge in [-0.05, 0) is 43.5 Å². The second-order valence-electron chi connectivity index (χ2n) is 8.36. The van der Waals surface area contributed by atoms with Gasteiger partial charge in [0, 0.05) is 25.6 Å². The molecule has 3 atom stereocenters. The molecule has 7 nitrogen and oxygen atoms in total. The number of hydrogen-bond donors (Lipinski definition) is 0. The predicted molar refractivity (Wildman–Crippen MR) is 119 cm³/mol. The van der Waals surface area contributed by atoms with E-state index in [1.807, 2.05) is 13.8 Å². The van der Waals surface area contributed by atoms with Gasteiger partial charge >= 0.3 is 11.9 Å². The maximum atomic E-state index is 13.5. The van der Waals surface area contributed by atoms with Crippen LogP contribution in [0.25, 0.3) is 0 Å². The van der Waals surface area contributed by atoms with Gasteiger partial charge in [-0.25, -0.2) is 9.37 Å². The fraction of sp³-hybridized carbons (Fsp3) is 0.440. The summed E-state index contributed by atoms with van der Waals surface area (Å²) in [4.78, 5) is 40.6. The van der Waals surface area contributed by atoms with E-state index in [-0.39, 0.29) is 23.8 Å². The molecule has 178 valence electrons. The lowest BCUT2D eigenvalue weighted by atomic mass is 10.0. The Morgan fingerprint density at radius 1 is 1.06 bits per heavy atom. The van der Waals surface area contributed by atoms with Crippen molar-refractivity contribution in [1.29, 1.82) is 0 Å². The summed E-state index contributed by atoms with van der Waals surface area (Å²) in [5, 5.41) is 0. The smallest absolute Gasteiger partial charge is 0.309 e. The molecule has 1 aromatic carbocycles. The van der Waals surface area contributed by atoms with E-state index in [0.717, 1.165) is 0 Å². The van der Waals surface area contributed by atoms with Crippen molar-refractivity contribution >= 4 is 17.7 Å². The quantitative estimate of drug-likeness (QED) is 0.353. The molecule has 0 saturated carbocycles. The molecular formula is C25H30FNO6. The Bertz CT molecular complexity index is 977. The van der Waals surface area contributed by atoms with Gasteiger partial charge in [0.1, 0.15) is 29.5 Å². The molecule has 1 aromatic heterocycles. The zero-order chi connectivity index (χ0) is 24.5. The topological polar surface area (TPSA) is 91.8 Å². The number of Topliss-reactive ketones (excluding diaryl/α,β-unsaturated/α-hetero) is 1. The predicted octanol–water partition coefficient (Wildman–Crippen LogP) is 4.78. The summed E-state index contributed by atoms with van der Waals surface area (Å²) in [5.74, 6) is -2.14.